The van der Waals surface area contributed by atoms with E-state index in [1.807, 2.05) is 0 Å². The van der Waals surface area contributed by atoms with E-state index in [-0.39, 0.29) is 0 Å². The van der Waals surface area contributed by atoms with Crippen LogP contribution in [0.1, 0.15) is 32.1 Å². The molecule has 3 nitrogen and oxygen atoms in total. The summed E-state index contributed by atoms with van der Waals surface area (Å²) in [6, 6.07) is 8.75. The highest BCUT2D eigenvalue weighted by Crippen LogP contribution is 2.28. The molecule has 110 valence electrons. The third-order valence-electron chi connectivity index (χ3n) is 4.52. The summed E-state index contributed by atoms with van der Waals surface area (Å²) in [5, 5.41) is 3.54. The highest BCUT2D eigenvalue weighted by atomic mass is 15.2. The topological polar surface area (TPSA) is 18.5 Å². The van der Waals surface area contributed by atoms with Gasteiger partial charge in [0.25, 0.3) is 0 Å². The molecule has 0 spiro atoms. The van der Waals surface area contributed by atoms with Crippen molar-refractivity contribution in [2.75, 3.05) is 49.5 Å². The molecular formula is C17H27N3. The van der Waals surface area contributed by atoms with Gasteiger partial charge in [0.05, 0.1) is 11.4 Å². The average Bonchev–Trinajstić information content (AvgIpc) is 2.71. The third kappa shape index (κ3) is 3.45. The van der Waals surface area contributed by atoms with Crippen LogP contribution >= 0.6 is 0 Å². The SMILES string of the molecule is c1ccc2c(c1)NCCCN2CCCN1CCCCC1. The van der Waals surface area contributed by atoms with E-state index in [4.69, 9.17) is 0 Å². The summed E-state index contributed by atoms with van der Waals surface area (Å²) in [6.07, 6.45) is 6.75. The minimum atomic E-state index is 1.10. The van der Waals surface area contributed by atoms with Gasteiger partial charge in [0.1, 0.15) is 0 Å². The van der Waals surface area contributed by atoms with Gasteiger partial charge in [-0.25, -0.2) is 0 Å². The summed E-state index contributed by atoms with van der Waals surface area (Å²) in [5.74, 6) is 0. The van der Waals surface area contributed by atoms with Crippen LogP contribution in [0.2, 0.25) is 0 Å². The van der Waals surface area contributed by atoms with E-state index in [0.29, 0.717) is 0 Å². The molecule has 0 aliphatic carbocycles. The van der Waals surface area contributed by atoms with E-state index in [9.17, 15) is 0 Å². The Balaban J connectivity index is 1.54. The zero-order chi connectivity index (χ0) is 13.6. The summed E-state index contributed by atoms with van der Waals surface area (Å²) < 4.78 is 0. The molecule has 1 N–H and O–H groups in total. The van der Waals surface area contributed by atoms with E-state index in [2.05, 4.69) is 39.4 Å². The Labute approximate surface area is 123 Å². The van der Waals surface area contributed by atoms with Gasteiger partial charge in [-0.05, 0) is 57.5 Å². The predicted molar refractivity (Wildman–Crippen MR) is 86.7 cm³/mol. The Morgan fingerprint density at radius 1 is 0.900 bits per heavy atom. The number of rotatable bonds is 4. The smallest absolute Gasteiger partial charge is 0.0602 e. The molecule has 1 saturated heterocycles. The first kappa shape index (κ1) is 13.7. The Hall–Kier alpha value is -1.22. The van der Waals surface area contributed by atoms with E-state index < -0.39 is 0 Å². The Morgan fingerprint density at radius 3 is 2.65 bits per heavy atom. The maximum atomic E-state index is 3.54. The number of hydrogen-bond acceptors (Lipinski definition) is 3. The van der Waals surface area contributed by atoms with E-state index in [0.717, 1.165) is 6.54 Å². The van der Waals surface area contributed by atoms with E-state index in [1.165, 1.54) is 76.2 Å². The zero-order valence-corrected chi connectivity index (χ0v) is 12.5. The number of fused-ring (bicyclic) bond motifs is 1. The van der Waals surface area contributed by atoms with Crippen LogP contribution in [0.4, 0.5) is 11.4 Å². The van der Waals surface area contributed by atoms with Crippen LogP contribution in [0, 0.1) is 0 Å². The molecule has 0 aromatic heterocycles. The minimum absolute atomic E-state index is 1.10. The first-order valence-corrected chi connectivity index (χ1v) is 8.24. The van der Waals surface area contributed by atoms with E-state index in [1.54, 1.807) is 0 Å². The Morgan fingerprint density at radius 2 is 1.75 bits per heavy atom. The number of anilines is 2. The van der Waals surface area contributed by atoms with Crippen LogP contribution in [0.25, 0.3) is 0 Å². The molecule has 3 heteroatoms. The van der Waals surface area contributed by atoms with Gasteiger partial charge in [0, 0.05) is 19.6 Å². The van der Waals surface area contributed by atoms with Crippen LogP contribution < -0.4 is 10.2 Å². The highest BCUT2D eigenvalue weighted by Gasteiger charge is 2.15. The molecular weight excluding hydrogens is 246 g/mol. The lowest BCUT2D eigenvalue weighted by atomic mass is 10.1. The Bertz CT molecular complexity index is 412. The number of nitrogens with zero attached hydrogens (tertiary/aromatic N) is 2. The predicted octanol–water partition coefficient (Wildman–Crippen LogP) is 3.18. The summed E-state index contributed by atoms with van der Waals surface area (Å²) >= 11 is 0. The molecule has 0 radical (unpaired) electrons. The summed E-state index contributed by atoms with van der Waals surface area (Å²) in [4.78, 5) is 5.21. The van der Waals surface area contributed by atoms with Crippen molar-refractivity contribution in [2.24, 2.45) is 0 Å². The van der Waals surface area contributed by atoms with Crippen LogP contribution in [0.5, 0.6) is 0 Å². The monoisotopic (exact) mass is 273 g/mol. The highest BCUT2D eigenvalue weighted by molar-refractivity contribution is 5.70. The molecule has 1 fully saturated rings. The normalized spacial score (nSPS) is 20.1. The number of para-hydroxylation sites is 2. The fourth-order valence-corrected chi connectivity index (χ4v) is 3.41. The van der Waals surface area contributed by atoms with Crippen molar-refractivity contribution in [2.45, 2.75) is 32.1 Å². The molecule has 0 amide bonds. The molecule has 2 aliphatic heterocycles. The average molecular weight is 273 g/mol. The van der Waals surface area contributed by atoms with Crippen molar-refractivity contribution in [3.63, 3.8) is 0 Å². The Kier molecular flexibility index (Phi) is 4.80. The quantitative estimate of drug-likeness (QED) is 0.909. The van der Waals surface area contributed by atoms with Gasteiger partial charge in [-0.15, -0.1) is 0 Å². The van der Waals surface area contributed by atoms with Crippen molar-refractivity contribution in [1.29, 1.82) is 0 Å². The minimum Gasteiger partial charge on any atom is -0.383 e. The summed E-state index contributed by atoms with van der Waals surface area (Å²) in [6.45, 7) is 7.38. The summed E-state index contributed by atoms with van der Waals surface area (Å²) in [5.41, 5.74) is 2.70. The van der Waals surface area contributed by atoms with Crippen molar-refractivity contribution >= 4 is 11.4 Å². The maximum absolute atomic E-state index is 3.54. The fraction of sp³-hybridized carbons (Fsp3) is 0.647. The standard InChI is InChI=1S/C17H27N3/c1-4-11-19(12-5-1)13-7-15-20-14-6-10-18-16-8-2-3-9-17(16)20/h2-3,8-9,18H,1,4-7,10-15H2. The van der Waals surface area contributed by atoms with Gasteiger partial charge in [-0.2, -0.15) is 0 Å². The first-order valence-electron chi connectivity index (χ1n) is 8.24. The number of hydrogen-bond donors (Lipinski definition) is 1. The van der Waals surface area contributed by atoms with Gasteiger partial charge in [0.2, 0.25) is 0 Å². The van der Waals surface area contributed by atoms with Gasteiger partial charge in [0.15, 0.2) is 0 Å². The zero-order valence-electron chi connectivity index (χ0n) is 12.5. The van der Waals surface area contributed by atoms with Crippen molar-refractivity contribution in [3.05, 3.63) is 24.3 Å². The lowest BCUT2D eigenvalue weighted by Crippen LogP contribution is -2.33. The van der Waals surface area contributed by atoms with Crippen LogP contribution in [-0.4, -0.2) is 44.2 Å². The van der Waals surface area contributed by atoms with Crippen molar-refractivity contribution < 1.29 is 0 Å². The molecule has 1 aromatic carbocycles. The van der Waals surface area contributed by atoms with E-state index >= 15 is 0 Å². The molecule has 0 saturated carbocycles. The number of piperidine rings is 1. The first-order chi connectivity index (χ1) is 9.93. The van der Waals surface area contributed by atoms with Gasteiger partial charge in [-0.1, -0.05) is 18.6 Å². The molecule has 3 rings (SSSR count). The van der Waals surface area contributed by atoms with Crippen LogP contribution in [0.15, 0.2) is 24.3 Å². The second-order valence-electron chi connectivity index (χ2n) is 6.04. The number of likely N-dealkylation sites (tertiary alicyclic amines) is 1. The molecule has 2 aliphatic rings. The van der Waals surface area contributed by atoms with Gasteiger partial charge in [-0.3, -0.25) is 0 Å². The third-order valence-corrected chi connectivity index (χ3v) is 4.52. The summed E-state index contributed by atoms with van der Waals surface area (Å²) in [7, 11) is 0. The van der Waals surface area contributed by atoms with Crippen LogP contribution in [0.3, 0.4) is 0 Å². The lowest BCUT2D eigenvalue weighted by Gasteiger charge is -2.29. The molecule has 0 atom stereocenters. The van der Waals surface area contributed by atoms with Crippen molar-refractivity contribution in [3.8, 4) is 0 Å². The molecule has 1 aromatic rings. The van der Waals surface area contributed by atoms with Crippen LogP contribution in [-0.2, 0) is 0 Å². The van der Waals surface area contributed by atoms with Crippen molar-refractivity contribution in [1.82, 2.24) is 4.90 Å². The molecule has 0 unspecified atom stereocenters. The molecule has 20 heavy (non-hydrogen) atoms. The maximum Gasteiger partial charge on any atom is 0.0602 e. The largest absolute Gasteiger partial charge is 0.383 e. The number of nitrogens with one attached hydrogen (secondary N) is 1. The van der Waals surface area contributed by atoms with Gasteiger partial charge < -0.3 is 15.1 Å². The number of benzene rings is 1. The fourth-order valence-electron chi connectivity index (χ4n) is 3.41. The second kappa shape index (κ2) is 6.98. The molecule has 2 heterocycles. The molecule has 0 bridgehead atoms. The lowest BCUT2D eigenvalue weighted by molar-refractivity contribution is 0.227. The second-order valence-corrected chi connectivity index (χ2v) is 6.04. The van der Waals surface area contributed by atoms with Gasteiger partial charge >= 0.3 is 0 Å².